The van der Waals surface area contributed by atoms with E-state index >= 15 is 0 Å². The van der Waals surface area contributed by atoms with Gasteiger partial charge in [-0.2, -0.15) is 5.26 Å². The molecular weight excluding hydrogens is 288 g/mol. The van der Waals surface area contributed by atoms with Crippen molar-refractivity contribution in [2.24, 2.45) is 0 Å². The zero-order chi connectivity index (χ0) is 16.7. The van der Waals surface area contributed by atoms with Gasteiger partial charge in [0.25, 0.3) is 0 Å². The summed E-state index contributed by atoms with van der Waals surface area (Å²) in [5.74, 6) is -0.597. The Balaban J connectivity index is 2.19. The Morgan fingerprint density at radius 2 is 1.74 bits per heavy atom. The fourth-order valence-electron chi connectivity index (χ4n) is 2.11. The van der Waals surface area contributed by atoms with Crippen molar-refractivity contribution < 1.29 is 9.53 Å². The molecule has 0 radical (unpaired) electrons. The second kappa shape index (κ2) is 7.81. The molecule has 2 aromatic rings. The Morgan fingerprint density at radius 3 is 2.30 bits per heavy atom. The van der Waals surface area contributed by atoms with E-state index < -0.39 is 5.97 Å². The van der Waals surface area contributed by atoms with E-state index in [4.69, 9.17) is 10.00 Å². The summed E-state index contributed by atoms with van der Waals surface area (Å²) >= 11 is 0. The summed E-state index contributed by atoms with van der Waals surface area (Å²) in [6.45, 7) is 1.96. The molecule has 0 unspecified atom stereocenters. The molecule has 0 heterocycles. The fourth-order valence-corrected chi connectivity index (χ4v) is 2.11. The highest BCUT2D eigenvalue weighted by atomic mass is 16.5. The van der Waals surface area contributed by atoms with Crippen LogP contribution in [0, 0.1) is 11.3 Å². The minimum Gasteiger partial charge on any atom is -0.462 e. The summed E-state index contributed by atoms with van der Waals surface area (Å²) in [6, 6.07) is 19.5. The van der Waals surface area contributed by atoms with Gasteiger partial charge in [-0.3, -0.25) is 0 Å². The van der Waals surface area contributed by atoms with Crippen molar-refractivity contribution >= 4 is 23.4 Å². The minimum atomic E-state index is -0.597. The van der Waals surface area contributed by atoms with E-state index in [0.29, 0.717) is 0 Å². The van der Waals surface area contributed by atoms with E-state index in [1.807, 2.05) is 67.7 Å². The highest BCUT2D eigenvalue weighted by Crippen LogP contribution is 2.23. The molecule has 23 heavy (non-hydrogen) atoms. The van der Waals surface area contributed by atoms with Crippen molar-refractivity contribution in [2.45, 2.75) is 6.92 Å². The molecule has 0 saturated carbocycles. The van der Waals surface area contributed by atoms with Crippen LogP contribution in [0.5, 0.6) is 0 Å². The van der Waals surface area contributed by atoms with Crippen molar-refractivity contribution in [3.8, 4) is 6.07 Å². The second-order valence-corrected chi connectivity index (χ2v) is 4.88. The molecule has 0 amide bonds. The number of para-hydroxylation sites is 1. The number of hydrogen-bond acceptors (Lipinski definition) is 4. The van der Waals surface area contributed by atoms with Crippen LogP contribution in [0.15, 0.2) is 60.2 Å². The van der Waals surface area contributed by atoms with Crippen LogP contribution in [0.25, 0.3) is 6.08 Å². The van der Waals surface area contributed by atoms with Gasteiger partial charge < -0.3 is 9.64 Å². The van der Waals surface area contributed by atoms with E-state index in [1.54, 1.807) is 6.92 Å². The van der Waals surface area contributed by atoms with Crippen LogP contribution in [0.4, 0.5) is 11.4 Å². The lowest BCUT2D eigenvalue weighted by Gasteiger charge is -2.19. The number of nitriles is 1. The Bertz CT molecular complexity index is 728. The maximum absolute atomic E-state index is 11.6. The first-order valence-electron chi connectivity index (χ1n) is 7.33. The van der Waals surface area contributed by atoms with Crippen LogP contribution in [0.1, 0.15) is 12.5 Å². The van der Waals surface area contributed by atoms with Crippen LogP contribution in [-0.2, 0) is 9.53 Å². The van der Waals surface area contributed by atoms with Crippen LogP contribution in [-0.4, -0.2) is 19.6 Å². The molecule has 0 atom stereocenters. The number of hydrogen-bond donors (Lipinski definition) is 0. The Labute approximate surface area is 136 Å². The SMILES string of the molecule is CCOC(=O)/C(C#N)=C\c1ccc(N(C)c2ccccc2)cc1. The van der Waals surface area contributed by atoms with Crippen LogP contribution >= 0.6 is 0 Å². The Morgan fingerprint density at radius 1 is 1.13 bits per heavy atom. The third-order valence-electron chi connectivity index (χ3n) is 3.35. The third-order valence-corrected chi connectivity index (χ3v) is 3.35. The second-order valence-electron chi connectivity index (χ2n) is 4.88. The zero-order valence-corrected chi connectivity index (χ0v) is 13.2. The zero-order valence-electron chi connectivity index (χ0n) is 13.2. The van der Waals surface area contributed by atoms with E-state index in [9.17, 15) is 4.79 Å². The molecule has 0 bridgehead atoms. The maximum atomic E-state index is 11.6. The lowest BCUT2D eigenvalue weighted by molar-refractivity contribution is -0.137. The van der Waals surface area contributed by atoms with E-state index in [1.165, 1.54) is 6.08 Å². The van der Waals surface area contributed by atoms with E-state index in [-0.39, 0.29) is 12.2 Å². The van der Waals surface area contributed by atoms with Gasteiger partial charge in [0.05, 0.1) is 6.61 Å². The lowest BCUT2D eigenvalue weighted by Crippen LogP contribution is -2.09. The molecule has 0 aliphatic carbocycles. The lowest BCUT2D eigenvalue weighted by atomic mass is 10.1. The van der Waals surface area contributed by atoms with Crippen molar-refractivity contribution in [2.75, 3.05) is 18.6 Å². The number of carbonyl (C=O) groups excluding carboxylic acids is 1. The van der Waals surface area contributed by atoms with Gasteiger partial charge in [-0.1, -0.05) is 30.3 Å². The van der Waals surface area contributed by atoms with Gasteiger partial charge in [0.1, 0.15) is 11.6 Å². The summed E-state index contributed by atoms with van der Waals surface area (Å²) in [4.78, 5) is 13.7. The average molecular weight is 306 g/mol. The summed E-state index contributed by atoms with van der Waals surface area (Å²) in [6.07, 6.45) is 1.53. The Kier molecular flexibility index (Phi) is 5.54. The standard InChI is InChI=1S/C19H18N2O2/c1-3-23-19(22)16(14-20)13-15-9-11-18(12-10-15)21(2)17-7-5-4-6-8-17/h4-13H,3H2,1-2H3/b16-13-. The molecule has 2 aromatic carbocycles. The molecule has 4 heteroatoms. The molecule has 4 nitrogen and oxygen atoms in total. The van der Waals surface area contributed by atoms with Gasteiger partial charge in [0.2, 0.25) is 0 Å². The minimum absolute atomic E-state index is 0.00369. The highest BCUT2D eigenvalue weighted by molar-refractivity contribution is 5.97. The molecule has 0 saturated heterocycles. The average Bonchev–Trinajstić information content (AvgIpc) is 2.60. The quantitative estimate of drug-likeness (QED) is 0.477. The highest BCUT2D eigenvalue weighted by Gasteiger charge is 2.10. The monoisotopic (exact) mass is 306 g/mol. The van der Waals surface area contributed by atoms with Gasteiger partial charge in [0, 0.05) is 18.4 Å². The normalized spacial score (nSPS) is 10.7. The van der Waals surface area contributed by atoms with Gasteiger partial charge in [-0.15, -0.1) is 0 Å². The predicted molar refractivity (Wildman–Crippen MR) is 91.2 cm³/mol. The fraction of sp³-hybridized carbons (Fsp3) is 0.158. The number of anilines is 2. The van der Waals surface area contributed by atoms with E-state index in [0.717, 1.165) is 16.9 Å². The number of nitrogens with zero attached hydrogens (tertiary/aromatic N) is 2. The predicted octanol–water partition coefficient (Wildman–Crippen LogP) is 3.92. The summed E-state index contributed by atoms with van der Waals surface area (Å²) in [5, 5.41) is 9.05. The van der Waals surface area contributed by atoms with Gasteiger partial charge in [-0.05, 0) is 42.8 Å². The summed E-state index contributed by atoms with van der Waals surface area (Å²) in [5.41, 5.74) is 2.87. The summed E-state index contributed by atoms with van der Waals surface area (Å²) in [7, 11) is 1.99. The molecule has 2 rings (SSSR count). The Hall–Kier alpha value is -3.06. The smallest absolute Gasteiger partial charge is 0.348 e. The molecule has 0 aliphatic rings. The van der Waals surface area contributed by atoms with Crippen LogP contribution < -0.4 is 4.90 Å². The van der Waals surface area contributed by atoms with Crippen LogP contribution in [0.3, 0.4) is 0 Å². The molecule has 0 aliphatic heterocycles. The molecule has 0 fully saturated rings. The molecule has 116 valence electrons. The van der Waals surface area contributed by atoms with Crippen molar-refractivity contribution in [1.82, 2.24) is 0 Å². The topological polar surface area (TPSA) is 53.3 Å². The first-order valence-corrected chi connectivity index (χ1v) is 7.33. The molecule has 0 spiro atoms. The van der Waals surface area contributed by atoms with E-state index in [2.05, 4.69) is 4.90 Å². The number of rotatable bonds is 5. The number of benzene rings is 2. The molecular formula is C19H18N2O2. The number of esters is 1. The van der Waals surface area contributed by atoms with Crippen molar-refractivity contribution in [1.29, 1.82) is 5.26 Å². The van der Waals surface area contributed by atoms with Crippen LogP contribution in [0.2, 0.25) is 0 Å². The third kappa shape index (κ3) is 4.21. The number of ether oxygens (including phenoxy) is 1. The van der Waals surface area contributed by atoms with Gasteiger partial charge >= 0.3 is 5.97 Å². The first kappa shape index (κ1) is 16.3. The van der Waals surface area contributed by atoms with Crippen molar-refractivity contribution in [3.05, 3.63) is 65.7 Å². The van der Waals surface area contributed by atoms with Gasteiger partial charge in [-0.25, -0.2) is 4.79 Å². The molecule has 0 N–H and O–H groups in total. The maximum Gasteiger partial charge on any atom is 0.348 e. The number of carbonyl (C=O) groups is 1. The largest absolute Gasteiger partial charge is 0.462 e. The van der Waals surface area contributed by atoms with Crippen molar-refractivity contribution in [3.63, 3.8) is 0 Å². The summed E-state index contributed by atoms with van der Waals surface area (Å²) < 4.78 is 4.85. The van der Waals surface area contributed by atoms with Gasteiger partial charge in [0.15, 0.2) is 0 Å². The first-order chi connectivity index (χ1) is 11.2. The molecule has 0 aromatic heterocycles.